The Morgan fingerprint density at radius 1 is 1.21 bits per heavy atom. The number of nitrogens with zero attached hydrogens (tertiary/aromatic N) is 3. The normalized spacial score (nSPS) is 22.0. The summed E-state index contributed by atoms with van der Waals surface area (Å²) in [6.45, 7) is 3.36. The second kappa shape index (κ2) is 13.7. The van der Waals surface area contributed by atoms with Gasteiger partial charge >= 0.3 is 31.3 Å². The summed E-state index contributed by atoms with van der Waals surface area (Å²) in [5, 5.41) is 2.43. The van der Waals surface area contributed by atoms with Crippen molar-refractivity contribution in [2.45, 2.75) is 57.3 Å². The highest BCUT2D eigenvalue weighted by atomic mass is 31.2. The molecule has 1 aliphatic heterocycles. The summed E-state index contributed by atoms with van der Waals surface area (Å²) in [7, 11) is -1.44. The fourth-order valence-electron chi connectivity index (χ4n) is 3.80. The lowest BCUT2D eigenvalue weighted by Gasteiger charge is -2.26. The summed E-state index contributed by atoms with van der Waals surface area (Å²) in [5.41, 5.74) is 4.33. The van der Waals surface area contributed by atoms with Gasteiger partial charge in [0.1, 0.15) is 23.7 Å². The van der Waals surface area contributed by atoms with Crippen molar-refractivity contribution in [2.24, 2.45) is 0 Å². The van der Waals surface area contributed by atoms with Gasteiger partial charge < -0.3 is 24.5 Å². The van der Waals surface area contributed by atoms with Crippen LogP contribution < -0.4 is 21.0 Å². The van der Waals surface area contributed by atoms with Gasteiger partial charge in [-0.1, -0.05) is 18.2 Å². The van der Waals surface area contributed by atoms with Crippen LogP contribution in [0.15, 0.2) is 47.4 Å². The third kappa shape index (κ3) is 8.55. The molecule has 3 N–H and O–H groups in total. The Labute approximate surface area is 240 Å². The molecule has 14 nitrogen and oxygen atoms in total. The van der Waals surface area contributed by atoms with E-state index < -0.39 is 68.5 Å². The van der Waals surface area contributed by atoms with Gasteiger partial charge in [0.05, 0.1) is 19.3 Å². The van der Waals surface area contributed by atoms with E-state index in [-0.39, 0.29) is 18.1 Å². The van der Waals surface area contributed by atoms with Gasteiger partial charge in [-0.25, -0.2) is 9.36 Å². The molecule has 2 heterocycles. The van der Waals surface area contributed by atoms with Crippen molar-refractivity contribution in [3.05, 3.63) is 53.1 Å². The smallest absolute Gasteiger partial charge is 0.459 e. The first-order chi connectivity index (χ1) is 19.6. The van der Waals surface area contributed by atoms with Crippen molar-refractivity contribution in [2.75, 3.05) is 33.0 Å². The summed E-state index contributed by atoms with van der Waals surface area (Å²) >= 11 is 0. The number of nitrogens with one attached hydrogen (secondary N) is 1. The Balaban J connectivity index is 1.91. The number of benzene rings is 1. The number of likely N-dealkylation sites (N-methyl/N-ethyl adjacent to an activating group) is 1. The highest BCUT2D eigenvalue weighted by molar-refractivity contribution is 7.52. The zero-order valence-electron chi connectivity index (χ0n) is 23.6. The average Bonchev–Trinajstić information content (AvgIpc) is 3.11. The molecule has 0 amide bonds. The molecule has 0 aliphatic carbocycles. The minimum absolute atomic E-state index is 0.0711. The molecule has 1 fully saturated rings. The van der Waals surface area contributed by atoms with Crippen LogP contribution in [0.1, 0.15) is 27.0 Å². The zero-order valence-corrected chi connectivity index (χ0v) is 24.5. The predicted molar refractivity (Wildman–Crippen MR) is 145 cm³/mol. The number of hydrogen-bond donors (Lipinski definition) is 2. The van der Waals surface area contributed by atoms with E-state index in [4.69, 9.17) is 29.0 Å². The molecule has 0 saturated carbocycles. The van der Waals surface area contributed by atoms with E-state index in [0.29, 0.717) is 4.57 Å². The number of para-hydroxylation sites is 1. The lowest BCUT2D eigenvalue weighted by molar-refractivity contribution is -0.177. The molecule has 232 valence electrons. The van der Waals surface area contributed by atoms with E-state index in [0.717, 1.165) is 12.3 Å². The number of aromatic nitrogens is 2. The summed E-state index contributed by atoms with van der Waals surface area (Å²) in [4.78, 5) is 42.0. The molecule has 42 heavy (non-hydrogen) atoms. The fourth-order valence-corrected chi connectivity index (χ4v) is 5.30. The lowest BCUT2D eigenvalue weighted by Crippen LogP contribution is -2.46. The van der Waals surface area contributed by atoms with Gasteiger partial charge in [0, 0.05) is 6.20 Å². The minimum Gasteiger partial charge on any atom is -0.462 e. The van der Waals surface area contributed by atoms with E-state index >= 15 is 8.78 Å². The predicted octanol–water partition coefficient (Wildman–Crippen LogP) is 1.97. The maximum absolute atomic E-state index is 15.7. The highest BCUT2D eigenvalue weighted by Gasteiger charge is 2.63. The molecule has 2 aromatic rings. The second-order valence-corrected chi connectivity index (χ2v) is 11.6. The van der Waals surface area contributed by atoms with Crippen LogP contribution in [0.5, 0.6) is 5.75 Å². The zero-order chi connectivity index (χ0) is 31.2. The molecule has 1 aromatic carbocycles. The van der Waals surface area contributed by atoms with Gasteiger partial charge in [0.15, 0.2) is 6.10 Å². The molecule has 0 radical (unpaired) electrons. The third-order valence-electron chi connectivity index (χ3n) is 5.59. The molecule has 0 bridgehead atoms. The molecule has 17 heteroatoms. The van der Waals surface area contributed by atoms with Crippen molar-refractivity contribution in [3.8, 4) is 5.75 Å². The Bertz CT molecular complexity index is 1350. The first-order valence-electron chi connectivity index (χ1n) is 12.8. The number of carbonyl (C=O) groups is 2. The number of rotatable bonds is 13. The van der Waals surface area contributed by atoms with Crippen LogP contribution in [0.4, 0.5) is 14.6 Å². The van der Waals surface area contributed by atoms with Crippen molar-refractivity contribution in [1.29, 1.82) is 0 Å². The SMILES string of the molecule is CC(C)OC(=O)C(C)NP(=O)(OCC1OC(n2ccc(N)nc2=O)C(F)(F)[C@@H]1OC(=O)CN(C)C)Oc1ccccc1. The molecule has 1 aromatic heterocycles. The van der Waals surface area contributed by atoms with Gasteiger partial charge in [-0.3, -0.25) is 23.6 Å². The number of ether oxygens (including phenoxy) is 3. The maximum atomic E-state index is 15.7. The first-order valence-corrected chi connectivity index (χ1v) is 14.3. The van der Waals surface area contributed by atoms with Crippen molar-refractivity contribution < 1.29 is 46.2 Å². The maximum Gasteiger partial charge on any atom is 0.459 e. The van der Waals surface area contributed by atoms with Crippen LogP contribution in [0.2, 0.25) is 0 Å². The molecule has 3 rings (SSSR count). The first kappa shape index (κ1) is 33.1. The lowest BCUT2D eigenvalue weighted by atomic mass is 10.1. The van der Waals surface area contributed by atoms with Crippen molar-refractivity contribution in [1.82, 2.24) is 19.5 Å². The van der Waals surface area contributed by atoms with Gasteiger partial charge in [-0.05, 0) is 53.1 Å². The summed E-state index contributed by atoms with van der Waals surface area (Å²) in [6.07, 6.45) is -5.85. The van der Waals surface area contributed by atoms with Crippen LogP contribution in [-0.4, -0.2) is 83.9 Å². The quantitative estimate of drug-likeness (QED) is 0.247. The third-order valence-corrected chi connectivity index (χ3v) is 7.24. The number of anilines is 1. The standard InChI is InChI=1S/C25H34F2N5O9P/c1-15(2)38-22(34)16(3)30-42(36,41-17-9-7-6-8-10-17)37-14-18-21(40-20(33)13-31(4)5)25(26,27)23(39-18)32-12-11-19(28)29-24(32)35/h6-12,15-16,18,21,23H,13-14H2,1-5H3,(H,30,36)(H2,28,29,35)/t16?,18?,21-,23?,42?/m1/s1. The Kier molecular flexibility index (Phi) is 10.8. The Morgan fingerprint density at radius 2 is 1.88 bits per heavy atom. The number of nitrogens with two attached hydrogens (primary N) is 1. The fraction of sp³-hybridized carbons (Fsp3) is 0.520. The molecule has 1 aliphatic rings. The summed E-state index contributed by atoms with van der Waals surface area (Å²) in [6, 6.07) is 7.65. The van der Waals surface area contributed by atoms with E-state index in [1.165, 1.54) is 38.1 Å². The Hall–Kier alpha value is -3.43. The summed E-state index contributed by atoms with van der Waals surface area (Å²) in [5.74, 6) is -5.92. The topological polar surface area (TPSA) is 174 Å². The average molecular weight is 618 g/mol. The number of halogens is 2. The van der Waals surface area contributed by atoms with Crippen LogP contribution >= 0.6 is 7.75 Å². The molecule has 4 unspecified atom stereocenters. The highest BCUT2D eigenvalue weighted by Crippen LogP contribution is 2.48. The molecule has 5 atom stereocenters. The van der Waals surface area contributed by atoms with Crippen LogP contribution in [0.25, 0.3) is 0 Å². The Morgan fingerprint density at radius 3 is 2.48 bits per heavy atom. The number of hydrogen-bond acceptors (Lipinski definition) is 12. The van der Waals surface area contributed by atoms with Crippen LogP contribution in [-0.2, 0) is 32.9 Å². The largest absolute Gasteiger partial charge is 0.462 e. The van der Waals surface area contributed by atoms with Crippen molar-refractivity contribution >= 4 is 25.5 Å². The van der Waals surface area contributed by atoms with Gasteiger partial charge in [0.25, 0.3) is 0 Å². The number of esters is 2. The number of alkyl halides is 2. The monoisotopic (exact) mass is 617 g/mol. The van der Waals surface area contributed by atoms with Gasteiger partial charge in [-0.2, -0.15) is 18.9 Å². The van der Waals surface area contributed by atoms with Gasteiger partial charge in [0.2, 0.25) is 6.23 Å². The van der Waals surface area contributed by atoms with Crippen LogP contribution in [0.3, 0.4) is 0 Å². The summed E-state index contributed by atoms with van der Waals surface area (Å²) < 4.78 is 72.5. The van der Waals surface area contributed by atoms with E-state index in [2.05, 4.69) is 10.1 Å². The van der Waals surface area contributed by atoms with E-state index in [1.54, 1.807) is 32.0 Å². The number of carbonyl (C=O) groups excluding carboxylic acids is 2. The molecule has 1 saturated heterocycles. The molecule has 0 spiro atoms. The van der Waals surface area contributed by atoms with Crippen LogP contribution in [0, 0.1) is 0 Å². The molecular weight excluding hydrogens is 583 g/mol. The van der Waals surface area contributed by atoms with E-state index in [9.17, 15) is 18.9 Å². The van der Waals surface area contributed by atoms with Gasteiger partial charge in [-0.15, -0.1) is 0 Å². The van der Waals surface area contributed by atoms with Crippen molar-refractivity contribution in [3.63, 3.8) is 0 Å². The van der Waals surface area contributed by atoms with E-state index in [1.807, 2.05) is 0 Å². The minimum atomic E-state index is -4.50. The molecular formula is C25H34F2N5O9P. The second-order valence-electron chi connectivity index (χ2n) is 9.93. The number of nitrogen functional groups attached to an aromatic ring is 1.